The summed E-state index contributed by atoms with van der Waals surface area (Å²) in [6, 6.07) is 5.61. The number of methoxy groups -OCH3 is 1. The van der Waals surface area contributed by atoms with Crippen LogP contribution in [0.3, 0.4) is 0 Å². The zero-order chi connectivity index (χ0) is 25.3. The van der Waals surface area contributed by atoms with Crippen LogP contribution in [0.4, 0.5) is 0 Å². The van der Waals surface area contributed by atoms with Gasteiger partial charge in [-0.2, -0.15) is 4.31 Å². The van der Waals surface area contributed by atoms with Crippen molar-refractivity contribution in [3.8, 4) is 17.2 Å². The van der Waals surface area contributed by atoms with Gasteiger partial charge in [-0.05, 0) is 73.7 Å². The van der Waals surface area contributed by atoms with Crippen molar-refractivity contribution in [3.05, 3.63) is 52.1 Å². The number of ether oxygens (including phenoxy) is 3. The first-order chi connectivity index (χ1) is 16.6. The Morgan fingerprint density at radius 3 is 2.20 bits per heavy atom. The van der Waals surface area contributed by atoms with Gasteiger partial charge in [-0.15, -0.1) is 0 Å². The maximum Gasteiger partial charge on any atom is 0.246 e. The van der Waals surface area contributed by atoms with Gasteiger partial charge in [0.25, 0.3) is 0 Å². The fraction of sp³-hybridized carbons (Fsp3) is 0.423. The smallest absolute Gasteiger partial charge is 0.246 e. The number of carbonyl (C=O) groups is 1. The fourth-order valence-electron chi connectivity index (χ4n) is 4.51. The number of hydrogen-bond acceptors (Lipinski definition) is 6. The Hall–Kier alpha value is -3.04. The van der Waals surface area contributed by atoms with Gasteiger partial charge in [0, 0.05) is 32.3 Å². The molecule has 0 saturated carbocycles. The highest BCUT2D eigenvalue weighted by molar-refractivity contribution is 7.89. The Labute approximate surface area is 207 Å². The lowest BCUT2D eigenvalue weighted by Gasteiger charge is -2.34. The number of fused-ring (bicyclic) bond motifs is 1. The monoisotopic (exact) mass is 500 g/mol. The standard InChI is InChI=1S/C26H32N2O6S/c1-17-14-18(2)20(4)26(19(17)3)35(30,31)28-10-8-27(9-11-28)24(29)7-6-21-15-22(32-5)25-23(16-21)33-12-13-34-25/h6-7,14-16H,8-13H2,1-5H3/b7-6+. The van der Waals surface area contributed by atoms with E-state index in [9.17, 15) is 13.2 Å². The Morgan fingerprint density at radius 2 is 1.57 bits per heavy atom. The van der Waals surface area contributed by atoms with Crippen LogP contribution in [0.1, 0.15) is 27.8 Å². The third-order valence-corrected chi connectivity index (χ3v) is 8.89. The third-order valence-electron chi connectivity index (χ3n) is 6.71. The van der Waals surface area contributed by atoms with Crippen molar-refractivity contribution in [2.45, 2.75) is 32.6 Å². The summed E-state index contributed by atoms with van der Waals surface area (Å²) in [5.74, 6) is 1.52. The largest absolute Gasteiger partial charge is 0.493 e. The highest BCUT2D eigenvalue weighted by atomic mass is 32.2. The minimum Gasteiger partial charge on any atom is -0.493 e. The van der Waals surface area contributed by atoms with Crippen molar-refractivity contribution in [3.63, 3.8) is 0 Å². The molecule has 1 saturated heterocycles. The van der Waals surface area contributed by atoms with Crippen molar-refractivity contribution in [1.29, 1.82) is 0 Å². The number of benzene rings is 2. The van der Waals surface area contributed by atoms with E-state index < -0.39 is 10.0 Å². The molecule has 188 valence electrons. The summed E-state index contributed by atoms with van der Waals surface area (Å²) >= 11 is 0. The molecule has 0 aromatic heterocycles. The summed E-state index contributed by atoms with van der Waals surface area (Å²) in [5, 5.41) is 0. The number of carbonyl (C=O) groups excluding carboxylic acids is 1. The summed E-state index contributed by atoms with van der Waals surface area (Å²) in [4.78, 5) is 14.9. The Kier molecular flexibility index (Phi) is 7.10. The van der Waals surface area contributed by atoms with E-state index in [0.29, 0.717) is 48.4 Å². The van der Waals surface area contributed by atoms with Crippen molar-refractivity contribution >= 4 is 22.0 Å². The molecule has 0 atom stereocenters. The van der Waals surface area contributed by atoms with Gasteiger partial charge < -0.3 is 19.1 Å². The molecule has 0 unspecified atom stereocenters. The van der Waals surface area contributed by atoms with Crippen LogP contribution < -0.4 is 14.2 Å². The normalized spacial score (nSPS) is 16.5. The molecule has 8 nitrogen and oxygen atoms in total. The molecule has 1 fully saturated rings. The first kappa shape index (κ1) is 25.1. The summed E-state index contributed by atoms with van der Waals surface area (Å²) < 4.78 is 45.1. The van der Waals surface area contributed by atoms with Gasteiger partial charge in [0.15, 0.2) is 11.5 Å². The molecule has 2 aromatic rings. The Bertz CT molecular complexity index is 1230. The lowest BCUT2D eigenvalue weighted by atomic mass is 10.0. The second-order valence-electron chi connectivity index (χ2n) is 8.90. The molecule has 9 heteroatoms. The molecule has 0 N–H and O–H groups in total. The second kappa shape index (κ2) is 9.91. The van der Waals surface area contributed by atoms with E-state index in [-0.39, 0.29) is 19.0 Å². The molecular weight excluding hydrogens is 468 g/mol. The Balaban J connectivity index is 1.45. The number of amides is 1. The second-order valence-corrected chi connectivity index (χ2v) is 10.8. The molecule has 35 heavy (non-hydrogen) atoms. The highest BCUT2D eigenvalue weighted by Gasteiger charge is 2.32. The lowest BCUT2D eigenvalue weighted by Crippen LogP contribution is -2.50. The van der Waals surface area contributed by atoms with E-state index in [1.807, 2.05) is 33.8 Å². The average molecular weight is 501 g/mol. The summed E-state index contributed by atoms with van der Waals surface area (Å²) in [6.45, 7) is 9.65. The number of nitrogens with zero attached hydrogens (tertiary/aromatic N) is 2. The van der Waals surface area contributed by atoms with Gasteiger partial charge in [0.2, 0.25) is 21.7 Å². The summed E-state index contributed by atoms with van der Waals surface area (Å²) in [7, 11) is -2.10. The number of sulfonamides is 1. The fourth-order valence-corrected chi connectivity index (χ4v) is 6.51. The topological polar surface area (TPSA) is 85.4 Å². The quantitative estimate of drug-likeness (QED) is 0.586. The van der Waals surface area contributed by atoms with Crippen LogP contribution in [0.15, 0.2) is 29.2 Å². The number of aryl methyl sites for hydroxylation is 2. The summed E-state index contributed by atoms with van der Waals surface area (Å²) in [6.07, 6.45) is 3.20. The van der Waals surface area contributed by atoms with E-state index in [4.69, 9.17) is 14.2 Å². The predicted molar refractivity (Wildman–Crippen MR) is 134 cm³/mol. The molecule has 0 radical (unpaired) electrons. The minimum absolute atomic E-state index is 0.172. The van der Waals surface area contributed by atoms with E-state index in [2.05, 4.69) is 0 Å². The van der Waals surface area contributed by atoms with Crippen molar-refractivity contribution < 1.29 is 27.4 Å². The van der Waals surface area contributed by atoms with Crippen LogP contribution >= 0.6 is 0 Å². The SMILES string of the molecule is COc1cc(/C=C/C(=O)N2CCN(S(=O)(=O)c3c(C)c(C)cc(C)c3C)CC2)cc2c1OCCO2. The van der Waals surface area contributed by atoms with E-state index in [1.165, 1.54) is 10.4 Å². The first-order valence-electron chi connectivity index (χ1n) is 11.7. The van der Waals surface area contributed by atoms with Crippen LogP contribution in [0.2, 0.25) is 0 Å². The first-order valence-corrected chi connectivity index (χ1v) is 13.1. The molecule has 1 amide bonds. The van der Waals surface area contributed by atoms with E-state index in [0.717, 1.165) is 27.8 Å². The third kappa shape index (κ3) is 4.88. The Morgan fingerprint density at radius 1 is 0.943 bits per heavy atom. The molecule has 0 bridgehead atoms. The maximum absolute atomic E-state index is 13.5. The van der Waals surface area contributed by atoms with Crippen molar-refractivity contribution in [2.75, 3.05) is 46.5 Å². The molecule has 0 aliphatic carbocycles. The van der Waals surface area contributed by atoms with Crippen molar-refractivity contribution in [2.24, 2.45) is 0 Å². The lowest BCUT2D eigenvalue weighted by molar-refractivity contribution is -0.127. The van der Waals surface area contributed by atoms with Gasteiger partial charge in [-0.1, -0.05) is 6.07 Å². The van der Waals surface area contributed by atoms with Gasteiger partial charge in [-0.25, -0.2) is 8.42 Å². The van der Waals surface area contributed by atoms with Crippen molar-refractivity contribution in [1.82, 2.24) is 9.21 Å². The van der Waals surface area contributed by atoms with Crippen LogP contribution in [0.5, 0.6) is 17.2 Å². The van der Waals surface area contributed by atoms with Crippen LogP contribution in [-0.2, 0) is 14.8 Å². The molecule has 2 aliphatic heterocycles. The summed E-state index contributed by atoms with van der Waals surface area (Å²) in [5.41, 5.74) is 4.23. The molecule has 0 spiro atoms. The van der Waals surface area contributed by atoms with Crippen LogP contribution in [0, 0.1) is 27.7 Å². The van der Waals surface area contributed by atoms with Gasteiger partial charge in [0.1, 0.15) is 13.2 Å². The predicted octanol–water partition coefficient (Wildman–Crippen LogP) is 3.25. The average Bonchev–Trinajstić information content (AvgIpc) is 2.85. The zero-order valence-corrected chi connectivity index (χ0v) is 21.7. The van der Waals surface area contributed by atoms with Gasteiger partial charge >= 0.3 is 0 Å². The minimum atomic E-state index is -3.65. The molecule has 2 aliphatic rings. The number of piperazine rings is 1. The number of rotatable bonds is 5. The zero-order valence-electron chi connectivity index (χ0n) is 20.9. The van der Waals surface area contributed by atoms with Gasteiger partial charge in [-0.3, -0.25) is 4.79 Å². The van der Waals surface area contributed by atoms with E-state index in [1.54, 1.807) is 30.2 Å². The number of hydrogen-bond donors (Lipinski definition) is 0. The molecular formula is C26H32N2O6S. The van der Waals surface area contributed by atoms with E-state index >= 15 is 0 Å². The highest BCUT2D eigenvalue weighted by Crippen LogP contribution is 2.40. The van der Waals surface area contributed by atoms with Crippen LogP contribution in [-0.4, -0.2) is 70.0 Å². The van der Waals surface area contributed by atoms with Crippen LogP contribution in [0.25, 0.3) is 6.08 Å². The molecule has 4 rings (SSSR count). The van der Waals surface area contributed by atoms with Gasteiger partial charge in [0.05, 0.1) is 12.0 Å². The maximum atomic E-state index is 13.5. The molecule has 2 aromatic carbocycles. The molecule has 2 heterocycles.